The number of hydrogen-bond acceptors (Lipinski definition) is 5. The van der Waals surface area contributed by atoms with Crippen LogP contribution in [0.25, 0.3) is 0 Å². The molecule has 0 bridgehead atoms. The van der Waals surface area contributed by atoms with Gasteiger partial charge in [-0.05, 0) is 38.8 Å². The quantitative estimate of drug-likeness (QED) is 0.872. The third kappa shape index (κ3) is 2.35. The standard InChI is InChI=1S/C14H20N4O2/c1-17-7-2-3-10-9-18(8-4-11(10)17)13-12(14(19)20)15-5-6-16-13/h5-6,10-11H,2-4,7-9H2,1H3,(H,19,20). The smallest absolute Gasteiger partial charge is 0.358 e. The van der Waals surface area contributed by atoms with Crippen molar-refractivity contribution in [3.8, 4) is 0 Å². The predicted octanol–water partition coefficient (Wildman–Crippen LogP) is 1.10. The van der Waals surface area contributed by atoms with E-state index < -0.39 is 5.97 Å². The molecule has 2 aliphatic heterocycles. The minimum atomic E-state index is -1.00. The van der Waals surface area contributed by atoms with Crippen LogP contribution in [0.5, 0.6) is 0 Å². The minimum Gasteiger partial charge on any atom is -0.476 e. The van der Waals surface area contributed by atoms with Gasteiger partial charge in [0.15, 0.2) is 11.5 Å². The summed E-state index contributed by atoms with van der Waals surface area (Å²) < 4.78 is 0. The summed E-state index contributed by atoms with van der Waals surface area (Å²) in [6.07, 6.45) is 6.51. The Morgan fingerprint density at radius 2 is 2.10 bits per heavy atom. The van der Waals surface area contributed by atoms with Crippen molar-refractivity contribution >= 4 is 11.8 Å². The van der Waals surface area contributed by atoms with Gasteiger partial charge in [0.25, 0.3) is 0 Å². The summed E-state index contributed by atoms with van der Waals surface area (Å²) in [6.45, 7) is 2.91. The van der Waals surface area contributed by atoms with Crippen molar-refractivity contribution in [2.45, 2.75) is 25.3 Å². The third-order valence-electron chi connectivity index (χ3n) is 4.53. The molecule has 108 valence electrons. The van der Waals surface area contributed by atoms with Crippen molar-refractivity contribution in [2.75, 3.05) is 31.6 Å². The summed E-state index contributed by atoms with van der Waals surface area (Å²) in [7, 11) is 2.19. The molecule has 1 aromatic heterocycles. The highest BCUT2D eigenvalue weighted by molar-refractivity contribution is 5.90. The molecule has 2 saturated heterocycles. The van der Waals surface area contributed by atoms with E-state index in [0.717, 1.165) is 19.5 Å². The molecule has 0 spiro atoms. The van der Waals surface area contributed by atoms with Crippen molar-refractivity contribution in [3.63, 3.8) is 0 Å². The molecule has 0 saturated carbocycles. The Kier molecular flexibility index (Phi) is 3.56. The van der Waals surface area contributed by atoms with E-state index in [1.165, 1.54) is 25.6 Å². The molecule has 20 heavy (non-hydrogen) atoms. The second-order valence-electron chi connectivity index (χ2n) is 5.72. The van der Waals surface area contributed by atoms with Crippen LogP contribution < -0.4 is 4.90 Å². The van der Waals surface area contributed by atoms with Gasteiger partial charge in [0.05, 0.1) is 0 Å². The normalized spacial score (nSPS) is 27.1. The van der Waals surface area contributed by atoms with Gasteiger partial charge in [0.1, 0.15) is 0 Å². The average molecular weight is 276 g/mol. The highest BCUT2D eigenvalue weighted by Crippen LogP contribution is 2.31. The first-order valence-corrected chi connectivity index (χ1v) is 7.16. The Morgan fingerprint density at radius 3 is 2.90 bits per heavy atom. The third-order valence-corrected chi connectivity index (χ3v) is 4.53. The molecule has 6 nitrogen and oxygen atoms in total. The van der Waals surface area contributed by atoms with E-state index in [9.17, 15) is 9.90 Å². The molecule has 3 rings (SSSR count). The summed E-state index contributed by atoms with van der Waals surface area (Å²) >= 11 is 0. The number of aromatic nitrogens is 2. The Morgan fingerprint density at radius 1 is 1.30 bits per heavy atom. The monoisotopic (exact) mass is 276 g/mol. The highest BCUT2D eigenvalue weighted by Gasteiger charge is 2.35. The molecule has 1 N–H and O–H groups in total. The van der Waals surface area contributed by atoms with E-state index in [1.54, 1.807) is 6.20 Å². The van der Waals surface area contributed by atoms with Crippen LogP contribution >= 0.6 is 0 Å². The number of likely N-dealkylation sites (tertiary alicyclic amines) is 1. The fraction of sp³-hybridized carbons (Fsp3) is 0.643. The summed E-state index contributed by atoms with van der Waals surface area (Å²) in [6, 6.07) is 0.630. The van der Waals surface area contributed by atoms with Crippen molar-refractivity contribution in [1.82, 2.24) is 14.9 Å². The number of fused-ring (bicyclic) bond motifs is 1. The zero-order valence-corrected chi connectivity index (χ0v) is 11.7. The summed E-state index contributed by atoms with van der Waals surface area (Å²) in [5.74, 6) is 0.119. The van der Waals surface area contributed by atoms with Crippen molar-refractivity contribution in [2.24, 2.45) is 5.92 Å². The van der Waals surface area contributed by atoms with Gasteiger partial charge >= 0.3 is 5.97 Å². The fourth-order valence-corrected chi connectivity index (χ4v) is 3.56. The second kappa shape index (κ2) is 5.36. The van der Waals surface area contributed by atoms with Crippen molar-refractivity contribution in [1.29, 1.82) is 0 Å². The molecule has 0 aromatic carbocycles. The molecule has 2 fully saturated rings. The van der Waals surface area contributed by atoms with Gasteiger partial charge in [0, 0.05) is 31.5 Å². The lowest BCUT2D eigenvalue weighted by atomic mass is 9.84. The van der Waals surface area contributed by atoms with Crippen molar-refractivity contribution in [3.05, 3.63) is 18.1 Å². The Bertz CT molecular complexity index is 508. The van der Waals surface area contributed by atoms with Gasteiger partial charge < -0.3 is 14.9 Å². The molecular weight excluding hydrogens is 256 g/mol. The molecule has 2 aliphatic rings. The number of carbonyl (C=O) groups is 1. The van der Waals surface area contributed by atoms with Crippen LogP contribution in [0.4, 0.5) is 5.82 Å². The van der Waals surface area contributed by atoms with E-state index >= 15 is 0 Å². The average Bonchev–Trinajstić information content (AvgIpc) is 2.47. The molecule has 3 heterocycles. The van der Waals surface area contributed by atoms with Crippen LogP contribution in [0.15, 0.2) is 12.4 Å². The van der Waals surface area contributed by atoms with E-state index in [2.05, 4.69) is 26.8 Å². The first kappa shape index (κ1) is 13.3. The maximum absolute atomic E-state index is 11.3. The molecule has 1 aromatic rings. The Balaban J connectivity index is 1.81. The Labute approximate surface area is 118 Å². The van der Waals surface area contributed by atoms with Crippen LogP contribution in [0.1, 0.15) is 29.8 Å². The lowest BCUT2D eigenvalue weighted by Crippen LogP contribution is -2.53. The number of rotatable bonds is 2. The van der Waals surface area contributed by atoms with Crippen LogP contribution in [0.2, 0.25) is 0 Å². The number of hydrogen-bond donors (Lipinski definition) is 1. The second-order valence-corrected chi connectivity index (χ2v) is 5.72. The van der Waals surface area contributed by atoms with E-state index in [0.29, 0.717) is 17.8 Å². The number of anilines is 1. The van der Waals surface area contributed by atoms with Gasteiger partial charge in [-0.1, -0.05) is 0 Å². The van der Waals surface area contributed by atoms with E-state index in [4.69, 9.17) is 0 Å². The van der Waals surface area contributed by atoms with Gasteiger partial charge in [-0.25, -0.2) is 14.8 Å². The zero-order valence-electron chi connectivity index (χ0n) is 11.7. The Hall–Kier alpha value is -1.69. The first-order valence-electron chi connectivity index (χ1n) is 7.16. The minimum absolute atomic E-state index is 0.0649. The fourth-order valence-electron chi connectivity index (χ4n) is 3.56. The molecule has 0 amide bonds. The van der Waals surface area contributed by atoms with Gasteiger partial charge in [-0.15, -0.1) is 0 Å². The molecular formula is C14H20N4O2. The molecule has 2 atom stereocenters. The van der Waals surface area contributed by atoms with Crippen LogP contribution in [-0.2, 0) is 0 Å². The zero-order chi connectivity index (χ0) is 14.1. The van der Waals surface area contributed by atoms with E-state index in [1.807, 2.05) is 0 Å². The number of carboxylic acid groups (broad SMARTS) is 1. The topological polar surface area (TPSA) is 69.6 Å². The summed E-state index contributed by atoms with van der Waals surface area (Å²) in [4.78, 5) is 24.0. The maximum Gasteiger partial charge on any atom is 0.358 e. The predicted molar refractivity (Wildman–Crippen MR) is 75.0 cm³/mol. The molecule has 0 radical (unpaired) electrons. The molecule has 0 aliphatic carbocycles. The highest BCUT2D eigenvalue weighted by atomic mass is 16.4. The van der Waals surface area contributed by atoms with E-state index in [-0.39, 0.29) is 5.69 Å². The van der Waals surface area contributed by atoms with Crippen LogP contribution in [0, 0.1) is 5.92 Å². The summed E-state index contributed by atoms with van der Waals surface area (Å²) in [5.41, 5.74) is 0.0649. The maximum atomic E-state index is 11.3. The van der Waals surface area contributed by atoms with Crippen molar-refractivity contribution < 1.29 is 9.90 Å². The van der Waals surface area contributed by atoms with Gasteiger partial charge in [-0.2, -0.15) is 0 Å². The summed E-state index contributed by atoms with van der Waals surface area (Å²) in [5, 5.41) is 9.23. The van der Waals surface area contributed by atoms with Gasteiger partial charge in [0.2, 0.25) is 0 Å². The number of nitrogens with zero attached hydrogens (tertiary/aromatic N) is 4. The molecule has 2 unspecified atom stereocenters. The lowest BCUT2D eigenvalue weighted by molar-refractivity contribution is 0.0689. The van der Waals surface area contributed by atoms with Gasteiger partial charge in [-0.3, -0.25) is 0 Å². The number of aromatic carboxylic acids is 1. The first-order chi connectivity index (χ1) is 9.66. The number of piperidine rings is 2. The lowest BCUT2D eigenvalue weighted by Gasteiger charge is -2.46. The van der Waals surface area contributed by atoms with Crippen LogP contribution in [-0.4, -0.2) is 58.7 Å². The SMILES string of the molecule is CN1CCCC2CN(c3nccnc3C(=O)O)CCC21. The number of carboxylic acids is 1. The van der Waals surface area contributed by atoms with Crippen LogP contribution in [0.3, 0.4) is 0 Å². The molecule has 6 heteroatoms. The largest absolute Gasteiger partial charge is 0.476 e.